The highest BCUT2D eigenvalue weighted by Crippen LogP contribution is 2.37. The van der Waals surface area contributed by atoms with Gasteiger partial charge in [-0.1, -0.05) is 48.2 Å². The van der Waals surface area contributed by atoms with E-state index in [1.807, 2.05) is 52.4 Å². The van der Waals surface area contributed by atoms with Gasteiger partial charge in [0.25, 0.3) is 0 Å². The average Bonchev–Trinajstić information content (AvgIpc) is 3.55. The fraction of sp³-hybridized carbons (Fsp3) is 0.185. The third-order valence-electron chi connectivity index (χ3n) is 5.52. The molecule has 1 amide bonds. The van der Waals surface area contributed by atoms with Crippen molar-refractivity contribution >= 4 is 40.0 Å². The van der Waals surface area contributed by atoms with Crippen LogP contribution in [0, 0.1) is 0 Å². The van der Waals surface area contributed by atoms with Crippen molar-refractivity contribution in [3.63, 3.8) is 0 Å². The second-order valence-electron chi connectivity index (χ2n) is 7.82. The van der Waals surface area contributed by atoms with Crippen molar-refractivity contribution in [2.45, 2.75) is 11.7 Å². The van der Waals surface area contributed by atoms with Gasteiger partial charge in [0.15, 0.2) is 22.5 Å². The monoisotopic (exact) mass is 550 g/mol. The molecule has 2 aromatic heterocycles. The summed E-state index contributed by atoms with van der Waals surface area (Å²) >= 11 is 2.51. The number of carbonyl (C=O) groups is 2. The van der Waals surface area contributed by atoms with E-state index < -0.39 is 5.97 Å². The SMILES string of the molecule is C=CCn1c(SCC(=O)Nc2scc(-c3ccccc3)c2C(=O)OC)nnc1-c1ccc(OC)c(OC)c1. The Morgan fingerprint density at radius 1 is 1.05 bits per heavy atom. The molecular weight excluding hydrogens is 524 g/mol. The van der Waals surface area contributed by atoms with Crippen LogP contribution >= 0.6 is 23.1 Å². The van der Waals surface area contributed by atoms with Crippen molar-refractivity contribution in [3.8, 4) is 34.0 Å². The number of allylic oxidation sites excluding steroid dienone is 1. The maximum absolute atomic E-state index is 12.9. The molecule has 1 N–H and O–H groups in total. The molecule has 2 heterocycles. The first-order chi connectivity index (χ1) is 18.5. The minimum Gasteiger partial charge on any atom is -0.493 e. The summed E-state index contributed by atoms with van der Waals surface area (Å²) in [5, 5.41) is 14.3. The molecule has 0 radical (unpaired) electrons. The largest absolute Gasteiger partial charge is 0.493 e. The van der Waals surface area contributed by atoms with Gasteiger partial charge in [0.2, 0.25) is 5.91 Å². The lowest BCUT2D eigenvalue weighted by molar-refractivity contribution is -0.113. The number of ether oxygens (including phenoxy) is 3. The third-order valence-corrected chi connectivity index (χ3v) is 7.38. The number of hydrogen-bond acceptors (Lipinski definition) is 9. The van der Waals surface area contributed by atoms with Crippen LogP contribution in [0.5, 0.6) is 11.5 Å². The molecule has 0 atom stereocenters. The molecule has 4 aromatic rings. The minimum absolute atomic E-state index is 0.0559. The standard InChI is InChI=1S/C27H26N4O5S2/c1-5-13-31-24(18-11-12-20(34-2)21(14-18)35-3)29-30-27(31)38-16-22(32)28-25-23(26(33)36-4)19(15-37-25)17-9-7-6-8-10-17/h5-12,14-15H,1,13,16H2,2-4H3,(H,28,32). The highest BCUT2D eigenvalue weighted by atomic mass is 32.2. The molecule has 0 aliphatic heterocycles. The average molecular weight is 551 g/mol. The number of rotatable bonds is 11. The third kappa shape index (κ3) is 5.74. The lowest BCUT2D eigenvalue weighted by Crippen LogP contribution is -2.16. The molecule has 4 rings (SSSR count). The minimum atomic E-state index is -0.515. The van der Waals surface area contributed by atoms with Crippen LogP contribution in [0.25, 0.3) is 22.5 Å². The number of thioether (sulfide) groups is 1. The zero-order valence-electron chi connectivity index (χ0n) is 21.1. The number of methoxy groups -OCH3 is 3. The molecule has 0 fully saturated rings. The van der Waals surface area contributed by atoms with E-state index in [0.717, 1.165) is 11.1 Å². The zero-order valence-corrected chi connectivity index (χ0v) is 22.7. The number of amides is 1. The highest BCUT2D eigenvalue weighted by molar-refractivity contribution is 7.99. The van der Waals surface area contributed by atoms with E-state index in [2.05, 4.69) is 22.1 Å². The smallest absolute Gasteiger partial charge is 0.341 e. The van der Waals surface area contributed by atoms with Crippen LogP contribution in [0.15, 0.2) is 71.7 Å². The molecule has 0 saturated heterocycles. The predicted molar refractivity (Wildman–Crippen MR) is 149 cm³/mol. The molecule has 196 valence electrons. The number of thiophene rings is 1. The number of nitrogens with one attached hydrogen (secondary N) is 1. The summed E-state index contributed by atoms with van der Waals surface area (Å²) in [6.07, 6.45) is 1.73. The summed E-state index contributed by atoms with van der Waals surface area (Å²) in [5.74, 6) is 1.03. The van der Waals surface area contributed by atoms with E-state index in [0.29, 0.717) is 45.2 Å². The number of esters is 1. The Morgan fingerprint density at radius 3 is 2.50 bits per heavy atom. The molecule has 0 aliphatic carbocycles. The Hall–Kier alpha value is -4.09. The Kier molecular flexibility index (Phi) is 8.82. The van der Waals surface area contributed by atoms with Crippen LogP contribution in [0.2, 0.25) is 0 Å². The first-order valence-electron chi connectivity index (χ1n) is 11.4. The summed E-state index contributed by atoms with van der Waals surface area (Å²) in [6.45, 7) is 4.28. The molecular formula is C27H26N4O5S2. The van der Waals surface area contributed by atoms with Crippen LogP contribution in [0.4, 0.5) is 5.00 Å². The first-order valence-corrected chi connectivity index (χ1v) is 13.3. The van der Waals surface area contributed by atoms with Crippen LogP contribution in [-0.2, 0) is 16.1 Å². The molecule has 0 unspecified atom stereocenters. The molecule has 0 bridgehead atoms. The van der Waals surface area contributed by atoms with E-state index in [-0.39, 0.29) is 11.7 Å². The van der Waals surface area contributed by atoms with E-state index in [1.54, 1.807) is 26.4 Å². The van der Waals surface area contributed by atoms with Crippen LogP contribution in [0.1, 0.15) is 10.4 Å². The summed E-state index contributed by atoms with van der Waals surface area (Å²) < 4.78 is 17.6. The molecule has 11 heteroatoms. The van der Waals surface area contributed by atoms with E-state index >= 15 is 0 Å². The maximum atomic E-state index is 12.9. The van der Waals surface area contributed by atoms with Crippen LogP contribution in [-0.4, -0.2) is 53.7 Å². The van der Waals surface area contributed by atoms with Crippen molar-refractivity contribution < 1.29 is 23.8 Å². The molecule has 0 aliphatic rings. The Labute approximate surface area is 228 Å². The van der Waals surface area contributed by atoms with E-state index in [9.17, 15) is 9.59 Å². The molecule has 2 aromatic carbocycles. The summed E-state index contributed by atoms with van der Waals surface area (Å²) in [6, 6.07) is 15.0. The second-order valence-corrected chi connectivity index (χ2v) is 9.65. The number of anilines is 1. The summed E-state index contributed by atoms with van der Waals surface area (Å²) in [7, 11) is 4.46. The fourth-order valence-electron chi connectivity index (χ4n) is 3.76. The fourth-order valence-corrected chi connectivity index (χ4v) is 5.48. The van der Waals surface area contributed by atoms with Crippen LogP contribution in [0.3, 0.4) is 0 Å². The van der Waals surface area contributed by atoms with Gasteiger partial charge in [-0.25, -0.2) is 4.79 Å². The lowest BCUT2D eigenvalue weighted by Gasteiger charge is -2.11. The first kappa shape index (κ1) is 27.0. The molecule has 9 nitrogen and oxygen atoms in total. The zero-order chi connectivity index (χ0) is 27.1. The van der Waals surface area contributed by atoms with Gasteiger partial charge in [0.05, 0.1) is 27.1 Å². The van der Waals surface area contributed by atoms with Gasteiger partial charge < -0.3 is 19.5 Å². The Morgan fingerprint density at radius 2 is 1.82 bits per heavy atom. The molecule has 0 saturated carbocycles. The Balaban J connectivity index is 1.53. The number of carbonyl (C=O) groups excluding carboxylic acids is 2. The van der Waals surface area contributed by atoms with Gasteiger partial charge in [-0.05, 0) is 23.8 Å². The number of hydrogen-bond donors (Lipinski definition) is 1. The van der Waals surface area contributed by atoms with E-state index in [1.165, 1.54) is 30.2 Å². The van der Waals surface area contributed by atoms with Gasteiger partial charge in [-0.3, -0.25) is 9.36 Å². The van der Waals surface area contributed by atoms with Gasteiger partial charge >= 0.3 is 5.97 Å². The summed E-state index contributed by atoms with van der Waals surface area (Å²) in [4.78, 5) is 25.5. The topological polar surface area (TPSA) is 105 Å². The van der Waals surface area contributed by atoms with Gasteiger partial charge in [0.1, 0.15) is 10.6 Å². The maximum Gasteiger partial charge on any atom is 0.341 e. The quantitative estimate of drug-likeness (QED) is 0.151. The van der Waals surface area contributed by atoms with Gasteiger partial charge in [-0.15, -0.1) is 28.1 Å². The van der Waals surface area contributed by atoms with Gasteiger partial charge in [-0.2, -0.15) is 0 Å². The summed E-state index contributed by atoms with van der Waals surface area (Å²) in [5.41, 5.74) is 2.67. The van der Waals surface area contributed by atoms with Crippen molar-refractivity contribution in [2.75, 3.05) is 32.4 Å². The second kappa shape index (κ2) is 12.4. The van der Waals surface area contributed by atoms with Crippen molar-refractivity contribution in [3.05, 3.63) is 72.1 Å². The number of aromatic nitrogens is 3. The number of nitrogens with zero attached hydrogens (tertiary/aromatic N) is 3. The lowest BCUT2D eigenvalue weighted by atomic mass is 10.0. The normalized spacial score (nSPS) is 10.6. The molecule has 38 heavy (non-hydrogen) atoms. The number of benzene rings is 2. The Bertz CT molecular complexity index is 1450. The predicted octanol–water partition coefficient (Wildman–Crippen LogP) is 5.39. The molecule has 0 spiro atoms. The van der Waals surface area contributed by atoms with Crippen LogP contribution < -0.4 is 14.8 Å². The highest BCUT2D eigenvalue weighted by Gasteiger charge is 2.23. The van der Waals surface area contributed by atoms with Gasteiger partial charge in [0, 0.05) is 23.1 Å². The van der Waals surface area contributed by atoms with Crippen molar-refractivity contribution in [2.24, 2.45) is 0 Å². The van der Waals surface area contributed by atoms with E-state index in [4.69, 9.17) is 14.2 Å². The van der Waals surface area contributed by atoms with Crippen molar-refractivity contribution in [1.29, 1.82) is 0 Å². The van der Waals surface area contributed by atoms with Crippen molar-refractivity contribution in [1.82, 2.24) is 14.8 Å².